The summed E-state index contributed by atoms with van der Waals surface area (Å²) in [4.78, 5) is 39.8. The summed E-state index contributed by atoms with van der Waals surface area (Å²) in [6, 6.07) is 7.87. The van der Waals surface area contributed by atoms with Crippen LogP contribution in [0, 0.1) is 0 Å². The summed E-state index contributed by atoms with van der Waals surface area (Å²) in [7, 11) is 3.43. The zero-order chi connectivity index (χ0) is 29.9. The third-order valence-electron chi connectivity index (χ3n) is 7.58. The molecular weight excluding hydrogens is 540 g/mol. The highest BCUT2D eigenvalue weighted by Gasteiger charge is 2.31. The summed E-state index contributed by atoms with van der Waals surface area (Å²) in [6.07, 6.45) is 6.50. The first-order valence-corrected chi connectivity index (χ1v) is 14.6. The summed E-state index contributed by atoms with van der Waals surface area (Å²) in [5, 5.41) is 3.24. The molecule has 2 heterocycles. The first kappa shape index (κ1) is 32.1. The van der Waals surface area contributed by atoms with Gasteiger partial charge in [0.15, 0.2) is 5.82 Å². The van der Waals surface area contributed by atoms with Gasteiger partial charge in [-0.3, -0.25) is 19.5 Å². The van der Waals surface area contributed by atoms with Crippen molar-refractivity contribution in [3.63, 3.8) is 0 Å². The number of nitrogens with zero attached hydrogens (tertiary/aromatic N) is 5. The Kier molecular flexibility index (Phi) is 12.2. The average molecular weight is 583 g/mol. The van der Waals surface area contributed by atoms with Crippen LogP contribution in [0.15, 0.2) is 41.9 Å². The molecular formula is C31H43ClN6O3. The van der Waals surface area contributed by atoms with Crippen LogP contribution in [0.5, 0.6) is 0 Å². The van der Waals surface area contributed by atoms with Crippen LogP contribution in [0.3, 0.4) is 0 Å². The normalized spacial score (nSPS) is 15.9. The van der Waals surface area contributed by atoms with E-state index >= 15 is 0 Å². The summed E-state index contributed by atoms with van der Waals surface area (Å²) < 4.78 is 5.59. The van der Waals surface area contributed by atoms with Gasteiger partial charge < -0.3 is 19.9 Å². The number of aryl methyl sites for hydroxylation is 2. The molecule has 2 amide bonds. The van der Waals surface area contributed by atoms with E-state index in [-0.39, 0.29) is 12.1 Å². The fourth-order valence-corrected chi connectivity index (χ4v) is 5.65. The monoisotopic (exact) mass is 582 g/mol. The zero-order valence-corrected chi connectivity index (χ0v) is 25.7. The van der Waals surface area contributed by atoms with Gasteiger partial charge >= 0.3 is 0 Å². The van der Waals surface area contributed by atoms with Crippen molar-refractivity contribution < 1.29 is 14.3 Å². The number of aliphatic imine (C=N–C) groups is 1. The van der Waals surface area contributed by atoms with Gasteiger partial charge in [-0.2, -0.15) is 0 Å². The molecule has 222 valence electrons. The Morgan fingerprint density at radius 1 is 1.32 bits per heavy atom. The van der Waals surface area contributed by atoms with Crippen molar-refractivity contribution in [3.05, 3.63) is 58.6 Å². The molecule has 1 fully saturated rings. The Labute approximate surface area is 249 Å². The molecule has 2 atom stereocenters. The van der Waals surface area contributed by atoms with E-state index in [1.807, 2.05) is 37.3 Å². The van der Waals surface area contributed by atoms with E-state index in [1.165, 1.54) is 0 Å². The van der Waals surface area contributed by atoms with Gasteiger partial charge in [0.25, 0.3) is 0 Å². The number of amides is 2. The quantitative estimate of drug-likeness (QED) is 0.141. The lowest BCUT2D eigenvalue weighted by molar-refractivity contribution is -0.109. The van der Waals surface area contributed by atoms with Crippen molar-refractivity contribution in [3.8, 4) is 0 Å². The van der Waals surface area contributed by atoms with Crippen molar-refractivity contribution in [1.29, 1.82) is 0 Å². The van der Waals surface area contributed by atoms with Crippen LogP contribution >= 0.6 is 11.6 Å². The number of anilines is 3. The van der Waals surface area contributed by atoms with Crippen LogP contribution in [0.2, 0.25) is 5.02 Å². The number of pyridine rings is 1. The van der Waals surface area contributed by atoms with Gasteiger partial charge in [0.1, 0.15) is 11.7 Å². The van der Waals surface area contributed by atoms with E-state index in [9.17, 15) is 9.59 Å². The predicted molar refractivity (Wildman–Crippen MR) is 168 cm³/mol. The van der Waals surface area contributed by atoms with Gasteiger partial charge in [-0.15, -0.1) is 6.58 Å². The molecule has 41 heavy (non-hydrogen) atoms. The molecule has 0 radical (unpaired) electrons. The van der Waals surface area contributed by atoms with Crippen LogP contribution in [0.1, 0.15) is 50.3 Å². The van der Waals surface area contributed by atoms with Crippen molar-refractivity contribution in [1.82, 2.24) is 15.2 Å². The minimum Gasteiger partial charge on any atom is -0.380 e. The smallest absolute Gasteiger partial charge is 0.219 e. The van der Waals surface area contributed by atoms with Gasteiger partial charge in [-0.1, -0.05) is 49.7 Å². The molecule has 0 aliphatic carbocycles. The van der Waals surface area contributed by atoms with Crippen molar-refractivity contribution >= 4 is 47.6 Å². The van der Waals surface area contributed by atoms with Gasteiger partial charge in [0, 0.05) is 46.4 Å². The van der Waals surface area contributed by atoms with Crippen LogP contribution < -0.4 is 15.1 Å². The molecule has 1 aromatic heterocycles. The molecule has 1 aliphatic heterocycles. The summed E-state index contributed by atoms with van der Waals surface area (Å²) >= 11 is 6.96. The largest absolute Gasteiger partial charge is 0.380 e. The Balaban J connectivity index is 2.29. The molecule has 2 unspecified atom stereocenters. The molecule has 1 aromatic carbocycles. The number of halogens is 1. The van der Waals surface area contributed by atoms with Crippen LogP contribution in [-0.4, -0.2) is 81.0 Å². The average Bonchev–Trinajstić information content (AvgIpc) is 3.48. The summed E-state index contributed by atoms with van der Waals surface area (Å²) in [6.45, 7) is 12.5. The number of hydrogen-bond acceptors (Lipinski definition) is 6. The van der Waals surface area contributed by atoms with E-state index in [0.717, 1.165) is 49.0 Å². The number of amidine groups is 1. The molecule has 3 rings (SSSR count). The number of ether oxygens (including phenoxy) is 1. The second kappa shape index (κ2) is 15.5. The number of methoxy groups -OCH3 is 1. The van der Waals surface area contributed by atoms with E-state index in [4.69, 9.17) is 26.3 Å². The minimum atomic E-state index is -0.106. The third kappa shape index (κ3) is 7.26. The molecule has 9 nitrogen and oxygen atoms in total. The van der Waals surface area contributed by atoms with E-state index < -0.39 is 0 Å². The third-order valence-corrected chi connectivity index (χ3v) is 7.86. The SMILES string of the molecule is C=CCCN(/C(=N/C)c1cc(Cl)c(N2CCC(OC)C2)nc1N(C=O)c1c(CC)cccc1CC)C(C)CNC=O. The maximum Gasteiger partial charge on any atom is 0.219 e. The second-order valence-electron chi connectivity index (χ2n) is 10.1. The van der Waals surface area contributed by atoms with Gasteiger partial charge in [0.05, 0.1) is 22.4 Å². The first-order valence-electron chi connectivity index (χ1n) is 14.2. The van der Waals surface area contributed by atoms with E-state index in [2.05, 4.69) is 35.5 Å². The number of hydrogen-bond donors (Lipinski definition) is 1. The lowest BCUT2D eigenvalue weighted by atomic mass is 10.0. The van der Waals surface area contributed by atoms with Crippen molar-refractivity contribution in [2.75, 3.05) is 50.1 Å². The van der Waals surface area contributed by atoms with Crippen LogP contribution in [-0.2, 0) is 27.2 Å². The predicted octanol–water partition coefficient (Wildman–Crippen LogP) is 4.77. The number of benzene rings is 1. The van der Waals surface area contributed by atoms with E-state index in [1.54, 1.807) is 19.1 Å². The molecule has 1 saturated heterocycles. The van der Waals surface area contributed by atoms with Crippen LogP contribution in [0.25, 0.3) is 0 Å². The van der Waals surface area contributed by atoms with E-state index in [0.29, 0.717) is 60.5 Å². The van der Waals surface area contributed by atoms with Crippen molar-refractivity contribution in [2.24, 2.45) is 4.99 Å². The molecule has 10 heteroatoms. The van der Waals surface area contributed by atoms with Gasteiger partial charge in [0.2, 0.25) is 12.8 Å². The fourth-order valence-electron chi connectivity index (χ4n) is 5.38. The van der Waals surface area contributed by atoms with Gasteiger partial charge in [-0.25, -0.2) is 4.98 Å². The maximum atomic E-state index is 13.0. The first-order chi connectivity index (χ1) is 19.9. The Morgan fingerprint density at radius 2 is 2.02 bits per heavy atom. The number of aromatic nitrogens is 1. The Morgan fingerprint density at radius 3 is 2.56 bits per heavy atom. The molecule has 1 N–H and O–H groups in total. The number of rotatable bonds is 15. The molecule has 2 aromatic rings. The summed E-state index contributed by atoms with van der Waals surface area (Å²) in [5.41, 5.74) is 3.55. The molecule has 0 bridgehead atoms. The number of carbonyl (C=O) groups is 2. The minimum absolute atomic E-state index is 0.0824. The lowest BCUT2D eigenvalue weighted by Gasteiger charge is -2.34. The maximum absolute atomic E-state index is 13.0. The molecule has 1 aliphatic rings. The number of para-hydroxylation sites is 1. The standard InChI is InChI=1S/C31H43ClN6O3/c1-7-10-15-37(22(4)18-34-20-39)29(33-5)26-17-27(32)31(36-16-14-25(19-36)41-6)35-30(26)38(21-40)28-23(8-2)12-11-13-24(28)9-3/h7,11-13,17,20-22,25H,1,8-10,14-16,18-19H2,2-6H3,(H,34,39)/b33-29+. The molecule has 0 saturated carbocycles. The van der Waals surface area contributed by atoms with Crippen molar-refractivity contribution in [2.45, 2.75) is 58.6 Å². The van der Waals surface area contributed by atoms with Gasteiger partial charge in [-0.05, 0) is 49.8 Å². The highest BCUT2D eigenvalue weighted by molar-refractivity contribution is 6.33. The Bertz CT molecular complexity index is 1210. The second-order valence-corrected chi connectivity index (χ2v) is 10.5. The zero-order valence-electron chi connectivity index (χ0n) is 24.9. The fraction of sp³-hybridized carbons (Fsp3) is 0.484. The molecule has 0 spiro atoms. The number of carbonyl (C=O) groups excluding carboxylic acids is 2. The highest BCUT2D eigenvalue weighted by atomic mass is 35.5. The summed E-state index contributed by atoms with van der Waals surface area (Å²) in [5.74, 6) is 1.68. The highest BCUT2D eigenvalue weighted by Crippen LogP contribution is 2.38. The lowest BCUT2D eigenvalue weighted by Crippen LogP contribution is -2.45. The topological polar surface area (TPSA) is 90.4 Å². The van der Waals surface area contributed by atoms with Crippen LogP contribution in [0.4, 0.5) is 17.3 Å². The Hall–Kier alpha value is -3.43. The number of nitrogens with one attached hydrogen (secondary N) is 1.